The summed E-state index contributed by atoms with van der Waals surface area (Å²) in [5.41, 5.74) is -0.631. The average Bonchev–Trinajstić information content (AvgIpc) is 2.93. The molecule has 0 aliphatic rings. The molecule has 0 aromatic heterocycles. The Morgan fingerprint density at radius 1 is 0.714 bits per heavy atom. The molecule has 0 saturated heterocycles. The Hall–Kier alpha value is -4.05. The molecule has 0 aliphatic heterocycles. The Balaban J connectivity index is 1.67. The van der Waals surface area contributed by atoms with Gasteiger partial charge in [0.15, 0.2) is 0 Å². The van der Waals surface area contributed by atoms with Gasteiger partial charge in [-0.05, 0) is 71.6 Å². The molecular formula is C32H28F7NO2. The number of aliphatic hydroxyl groups is 1. The lowest BCUT2D eigenvalue weighted by atomic mass is 10.0. The second kappa shape index (κ2) is 12.4. The van der Waals surface area contributed by atoms with Gasteiger partial charge in [0, 0.05) is 30.4 Å². The third-order valence-electron chi connectivity index (χ3n) is 6.69. The quantitative estimate of drug-likeness (QED) is 0.197. The maximum absolute atomic E-state index is 14.7. The Bertz CT molecular complexity index is 1500. The van der Waals surface area contributed by atoms with Crippen LogP contribution in [0.4, 0.5) is 36.4 Å². The molecule has 0 bridgehead atoms. The fourth-order valence-electron chi connectivity index (χ4n) is 4.36. The first kappa shape index (κ1) is 30.9. The molecule has 4 aromatic carbocycles. The van der Waals surface area contributed by atoms with Gasteiger partial charge in [-0.15, -0.1) is 0 Å². The average molecular weight is 592 g/mol. The minimum atomic E-state index is -4.70. The molecule has 0 saturated carbocycles. The van der Waals surface area contributed by atoms with E-state index in [-0.39, 0.29) is 30.1 Å². The molecule has 0 aliphatic carbocycles. The molecule has 0 spiro atoms. The lowest BCUT2D eigenvalue weighted by Crippen LogP contribution is -2.29. The summed E-state index contributed by atoms with van der Waals surface area (Å²) in [4.78, 5) is 1.44. The second-order valence-electron chi connectivity index (χ2n) is 10.1. The van der Waals surface area contributed by atoms with Crippen LogP contribution < -0.4 is 9.64 Å². The van der Waals surface area contributed by atoms with E-state index in [1.54, 1.807) is 30.3 Å². The molecule has 0 amide bonds. The van der Waals surface area contributed by atoms with Gasteiger partial charge in [0.25, 0.3) is 0 Å². The van der Waals surface area contributed by atoms with Gasteiger partial charge < -0.3 is 14.7 Å². The van der Waals surface area contributed by atoms with Crippen molar-refractivity contribution in [3.05, 3.63) is 125 Å². The predicted octanol–water partition coefficient (Wildman–Crippen LogP) is 9.52. The molecule has 1 atom stereocenters. The van der Waals surface area contributed by atoms with Gasteiger partial charge >= 0.3 is 12.4 Å². The maximum Gasteiger partial charge on any atom is 0.416 e. The zero-order chi connectivity index (χ0) is 30.7. The summed E-state index contributed by atoms with van der Waals surface area (Å²) in [5.74, 6) is 0.310. The Morgan fingerprint density at radius 3 is 1.93 bits per heavy atom. The summed E-state index contributed by atoms with van der Waals surface area (Å²) in [6.07, 6.45) is -10.6. The van der Waals surface area contributed by atoms with Gasteiger partial charge in [0.2, 0.25) is 0 Å². The first-order valence-corrected chi connectivity index (χ1v) is 13.0. The largest absolute Gasteiger partial charge is 0.457 e. The molecule has 222 valence electrons. The molecule has 0 radical (unpaired) electrons. The van der Waals surface area contributed by atoms with Crippen molar-refractivity contribution in [1.82, 2.24) is 0 Å². The van der Waals surface area contributed by atoms with Crippen LogP contribution >= 0.6 is 0 Å². The second-order valence-corrected chi connectivity index (χ2v) is 10.1. The van der Waals surface area contributed by atoms with Crippen LogP contribution in [0, 0.1) is 5.82 Å². The smallest absolute Gasteiger partial charge is 0.416 e. The molecule has 4 aromatic rings. The van der Waals surface area contributed by atoms with Crippen molar-refractivity contribution >= 4 is 5.69 Å². The fraction of sp³-hybridized carbons (Fsp3) is 0.250. The number of aliphatic hydroxyl groups excluding tert-OH is 1. The third kappa shape index (κ3) is 7.82. The first-order valence-electron chi connectivity index (χ1n) is 13.0. The number of halogens is 7. The van der Waals surface area contributed by atoms with Crippen LogP contribution in [0.25, 0.3) is 0 Å². The summed E-state index contributed by atoms with van der Waals surface area (Å²) in [6, 6.07) is 19.9. The number of rotatable bonds is 9. The standard InChI is InChI=1S/C32H28F7NO2/c1-20(2)22-5-3-7-27(16-22)42-28-8-4-6-26(17-28)40(18-23-15-25(32(37,38)39)13-14-29(23)33)19-30(41)21-9-11-24(12-10-21)31(34,35)36/h3-17,20,30,41H,18-19H2,1-2H3. The van der Waals surface area contributed by atoms with E-state index in [2.05, 4.69) is 0 Å². The molecule has 10 heteroatoms. The summed E-state index contributed by atoms with van der Waals surface area (Å²) in [6.45, 7) is 3.42. The zero-order valence-corrected chi connectivity index (χ0v) is 22.7. The minimum Gasteiger partial charge on any atom is -0.457 e. The van der Waals surface area contributed by atoms with E-state index in [0.29, 0.717) is 29.3 Å². The highest BCUT2D eigenvalue weighted by atomic mass is 19.4. The summed E-state index contributed by atoms with van der Waals surface area (Å²) >= 11 is 0. The molecule has 1 N–H and O–H groups in total. The molecule has 4 rings (SSSR count). The van der Waals surface area contributed by atoms with E-state index >= 15 is 0 Å². The van der Waals surface area contributed by atoms with Gasteiger partial charge in [0.05, 0.1) is 17.2 Å². The normalized spacial score (nSPS) is 12.8. The van der Waals surface area contributed by atoms with E-state index < -0.39 is 35.4 Å². The van der Waals surface area contributed by atoms with Gasteiger partial charge in [-0.2, -0.15) is 26.3 Å². The molecule has 0 heterocycles. The van der Waals surface area contributed by atoms with Crippen molar-refractivity contribution in [2.45, 2.75) is 44.8 Å². The number of ether oxygens (including phenoxy) is 1. The SMILES string of the molecule is CC(C)c1cccc(Oc2cccc(N(Cc3cc(C(F)(F)F)ccc3F)CC(O)c3ccc(C(F)(F)F)cc3)c2)c1. The van der Waals surface area contributed by atoms with Crippen molar-refractivity contribution in [2.75, 3.05) is 11.4 Å². The Morgan fingerprint density at radius 2 is 1.31 bits per heavy atom. The minimum absolute atomic E-state index is 0.149. The van der Waals surface area contributed by atoms with Crippen LogP contribution in [0.3, 0.4) is 0 Å². The highest BCUT2D eigenvalue weighted by Crippen LogP contribution is 2.34. The number of anilines is 1. The number of hydrogen-bond acceptors (Lipinski definition) is 3. The van der Waals surface area contributed by atoms with Crippen molar-refractivity contribution in [3.8, 4) is 11.5 Å². The van der Waals surface area contributed by atoms with Gasteiger partial charge in [-0.3, -0.25) is 0 Å². The number of alkyl halides is 6. The lowest BCUT2D eigenvalue weighted by Gasteiger charge is -2.28. The fourth-order valence-corrected chi connectivity index (χ4v) is 4.36. The van der Waals surface area contributed by atoms with Crippen molar-refractivity contribution in [2.24, 2.45) is 0 Å². The Labute approximate surface area is 238 Å². The van der Waals surface area contributed by atoms with Gasteiger partial charge in [0.1, 0.15) is 17.3 Å². The number of hydrogen-bond donors (Lipinski definition) is 1. The van der Waals surface area contributed by atoms with Crippen LogP contribution in [0.5, 0.6) is 11.5 Å². The first-order chi connectivity index (χ1) is 19.7. The summed E-state index contributed by atoms with van der Waals surface area (Å²) < 4.78 is 99.9. The van der Waals surface area contributed by atoms with E-state index in [0.717, 1.165) is 35.9 Å². The highest BCUT2D eigenvalue weighted by molar-refractivity contribution is 5.53. The van der Waals surface area contributed by atoms with Crippen molar-refractivity contribution in [3.63, 3.8) is 0 Å². The monoisotopic (exact) mass is 591 g/mol. The van der Waals surface area contributed by atoms with Gasteiger partial charge in [-0.1, -0.05) is 44.2 Å². The topological polar surface area (TPSA) is 32.7 Å². The van der Waals surface area contributed by atoms with Crippen LogP contribution in [0.2, 0.25) is 0 Å². The third-order valence-corrected chi connectivity index (χ3v) is 6.69. The molecule has 42 heavy (non-hydrogen) atoms. The molecule has 1 unspecified atom stereocenters. The molecular weight excluding hydrogens is 563 g/mol. The van der Waals surface area contributed by atoms with E-state index in [1.165, 1.54) is 4.90 Å². The van der Waals surface area contributed by atoms with E-state index in [9.17, 15) is 35.8 Å². The van der Waals surface area contributed by atoms with Gasteiger partial charge in [-0.25, -0.2) is 4.39 Å². The van der Waals surface area contributed by atoms with Crippen LogP contribution in [-0.4, -0.2) is 11.7 Å². The van der Waals surface area contributed by atoms with Crippen molar-refractivity contribution in [1.29, 1.82) is 0 Å². The summed E-state index contributed by atoms with van der Waals surface area (Å²) in [5, 5.41) is 10.9. The van der Waals surface area contributed by atoms with Crippen LogP contribution in [0.15, 0.2) is 91.0 Å². The molecule has 3 nitrogen and oxygen atoms in total. The summed E-state index contributed by atoms with van der Waals surface area (Å²) in [7, 11) is 0. The van der Waals surface area contributed by atoms with Crippen LogP contribution in [0.1, 0.15) is 53.7 Å². The maximum atomic E-state index is 14.7. The molecule has 0 fully saturated rings. The number of benzene rings is 4. The van der Waals surface area contributed by atoms with E-state index in [1.807, 2.05) is 32.0 Å². The highest BCUT2D eigenvalue weighted by Gasteiger charge is 2.32. The zero-order valence-electron chi connectivity index (χ0n) is 22.7. The lowest BCUT2D eigenvalue weighted by molar-refractivity contribution is -0.138. The van der Waals surface area contributed by atoms with Crippen molar-refractivity contribution < 1.29 is 40.6 Å². The Kier molecular flexibility index (Phi) is 9.15. The van der Waals surface area contributed by atoms with Crippen LogP contribution in [-0.2, 0) is 18.9 Å². The number of nitrogens with zero attached hydrogens (tertiary/aromatic N) is 1. The predicted molar refractivity (Wildman–Crippen MR) is 146 cm³/mol. The van der Waals surface area contributed by atoms with E-state index in [4.69, 9.17) is 4.74 Å².